The Hall–Kier alpha value is -1.12. The molecular formula is C17H24N2O3S3. The van der Waals surface area contributed by atoms with Gasteiger partial charge in [0.25, 0.3) is 0 Å². The van der Waals surface area contributed by atoms with Crippen LogP contribution in [0.2, 0.25) is 0 Å². The normalized spacial score (nSPS) is 13.8. The van der Waals surface area contributed by atoms with Gasteiger partial charge in [-0.3, -0.25) is 4.79 Å². The predicted molar refractivity (Wildman–Crippen MR) is 109 cm³/mol. The Morgan fingerprint density at radius 2 is 2.00 bits per heavy atom. The average Bonchev–Trinajstić information content (AvgIpc) is 3.20. The number of thiocarbonyl (C=S) groups is 1. The average molecular weight is 401 g/mol. The van der Waals surface area contributed by atoms with Crippen LogP contribution < -0.4 is 5.32 Å². The van der Waals surface area contributed by atoms with Gasteiger partial charge in [0.1, 0.15) is 9.32 Å². The van der Waals surface area contributed by atoms with Crippen LogP contribution in [0.4, 0.5) is 5.00 Å². The first kappa shape index (κ1) is 20.2. The summed E-state index contributed by atoms with van der Waals surface area (Å²) >= 11 is 8.18. The van der Waals surface area contributed by atoms with Gasteiger partial charge in [-0.1, -0.05) is 30.9 Å². The van der Waals surface area contributed by atoms with Crippen molar-refractivity contribution in [2.75, 3.05) is 30.8 Å². The smallest absolute Gasteiger partial charge is 0.341 e. The summed E-state index contributed by atoms with van der Waals surface area (Å²) in [5.41, 5.74) is 1.44. The number of carbonyl (C=O) groups is 2. The summed E-state index contributed by atoms with van der Waals surface area (Å²) in [5.74, 6) is -0.282. The molecule has 2 heterocycles. The number of amides is 1. The second-order valence-corrected chi connectivity index (χ2v) is 8.55. The molecule has 8 heteroatoms. The van der Waals surface area contributed by atoms with Gasteiger partial charge in [-0.15, -0.1) is 11.3 Å². The first-order valence-corrected chi connectivity index (χ1v) is 10.7. The molecule has 0 aliphatic carbocycles. The second-order valence-electron chi connectivity index (χ2n) is 5.71. The third-order valence-electron chi connectivity index (χ3n) is 3.99. The summed E-state index contributed by atoms with van der Waals surface area (Å²) < 4.78 is 5.93. The highest BCUT2D eigenvalue weighted by Gasteiger charge is 2.24. The van der Waals surface area contributed by atoms with Crippen LogP contribution in [0.15, 0.2) is 0 Å². The maximum Gasteiger partial charge on any atom is 0.341 e. The molecular weight excluding hydrogens is 376 g/mol. The van der Waals surface area contributed by atoms with Gasteiger partial charge in [0, 0.05) is 18.0 Å². The number of thiophene rings is 1. The summed E-state index contributed by atoms with van der Waals surface area (Å²) in [4.78, 5) is 27.8. The summed E-state index contributed by atoms with van der Waals surface area (Å²) in [6.45, 7) is 7.99. The number of rotatable bonds is 6. The summed E-state index contributed by atoms with van der Waals surface area (Å²) in [7, 11) is 0. The Bertz CT molecular complexity index is 652. The first-order chi connectivity index (χ1) is 12.0. The van der Waals surface area contributed by atoms with Crippen LogP contribution in [0.1, 0.15) is 47.5 Å². The Balaban J connectivity index is 2.02. The fraction of sp³-hybridized carbons (Fsp3) is 0.588. The van der Waals surface area contributed by atoms with E-state index in [1.807, 2.05) is 13.8 Å². The maximum atomic E-state index is 12.3. The number of hydrogen-bond donors (Lipinski definition) is 1. The molecule has 1 amide bonds. The SMILES string of the molecule is CCOC(=O)c1c(NC(=O)CSC(=S)N2CCCC2)sc(C)c1CC. The summed E-state index contributed by atoms with van der Waals surface area (Å²) in [5, 5.41) is 3.45. The van der Waals surface area contributed by atoms with Crippen molar-refractivity contribution in [2.24, 2.45) is 0 Å². The number of nitrogens with zero attached hydrogens (tertiary/aromatic N) is 1. The molecule has 1 saturated heterocycles. The largest absolute Gasteiger partial charge is 0.462 e. The number of likely N-dealkylation sites (tertiary alicyclic amines) is 1. The molecule has 25 heavy (non-hydrogen) atoms. The van der Waals surface area contributed by atoms with Crippen molar-refractivity contribution in [3.8, 4) is 0 Å². The lowest BCUT2D eigenvalue weighted by atomic mass is 10.1. The van der Waals surface area contributed by atoms with E-state index in [4.69, 9.17) is 17.0 Å². The number of anilines is 1. The molecule has 0 radical (unpaired) electrons. The van der Waals surface area contributed by atoms with Crippen LogP contribution in [0.5, 0.6) is 0 Å². The number of thioether (sulfide) groups is 1. The van der Waals surface area contributed by atoms with Crippen molar-refractivity contribution in [1.29, 1.82) is 0 Å². The molecule has 1 aromatic rings. The molecule has 1 aliphatic rings. The highest BCUT2D eigenvalue weighted by Crippen LogP contribution is 2.34. The predicted octanol–water partition coefficient (Wildman–Crippen LogP) is 3.85. The molecule has 1 aromatic heterocycles. The van der Waals surface area contributed by atoms with E-state index in [1.165, 1.54) is 23.1 Å². The van der Waals surface area contributed by atoms with E-state index in [-0.39, 0.29) is 17.6 Å². The highest BCUT2D eigenvalue weighted by molar-refractivity contribution is 8.23. The molecule has 1 N–H and O–H groups in total. The van der Waals surface area contributed by atoms with Crippen LogP contribution in [-0.4, -0.2) is 46.5 Å². The molecule has 0 spiro atoms. The summed E-state index contributed by atoms with van der Waals surface area (Å²) in [6.07, 6.45) is 3.04. The van der Waals surface area contributed by atoms with Crippen molar-refractivity contribution in [2.45, 2.75) is 40.0 Å². The third-order valence-corrected chi connectivity index (χ3v) is 6.57. The Kier molecular flexibility index (Phi) is 7.71. The van der Waals surface area contributed by atoms with Crippen molar-refractivity contribution < 1.29 is 14.3 Å². The quantitative estimate of drug-likeness (QED) is 0.578. The van der Waals surface area contributed by atoms with Gasteiger partial charge in [0.15, 0.2) is 0 Å². The minimum Gasteiger partial charge on any atom is -0.462 e. The molecule has 0 bridgehead atoms. The number of carbonyl (C=O) groups excluding carboxylic acids is 2. The number of esters is 1. The van der Waals surface area contributed by atoms with Gasteiger partial charge in [0.2, 0.25) is 5.91 Å². The fourth-order valence-electron chi connectivity index (χ4n) is 2.79. The van der Waals surface area contributed by atoms with E-state index in [1.54, 1.807) is 6.92 Å². The highest BCUT2D eigenvalue weighted by atomic mass is 32.2. The van der Waals surface area contributed by atoms with Gasteiger partial charge < -0.3 is 15.0 Å². The van der Waals surface area contributed by atoms with Crippen molar-refractivity contribution >= 4 is 56.5 Å². The lowest BCUT2D eigenvalue weighted by Gasteiger charge is -2.17. The Morgan fingerprint density at radius 3 is 2.60 bits per heavy atom. The van der Waals surface area contributed by atoms with E-state index < -0.39 is 0 Å². The fourth-order valence-corrected chi connectivity index (χ4v) is 4.99. The van der Waals surface area contributed by atoms with E-state index in [0.29, 0.717) is 17.2 Å². The molecule has 1 fully saturated rings. The van der Waals surface area contributed by atoms with E-state index in [0.717, 1.165) is 47.1 Å². The van der Waals surface area contributed by atoms with Crippen molar-refractivity contribution in [3.63, 3.8) is 0 Å². The van der Waals surface area contributed by atoms with Gasteiger partial charge in [-0.25, -0.2) is 4.79 Å². The molecule has 0 atom stereocenters. The number of ether oxygens (including phenoxy) is 1. The van der Waals surface area contributed by atoms with Crippen LogP contribution in [0.3, 0.4) is 0 Å². The zero-order chi connectivity index (χ0) is 18.4. The zero-order valence-electron chi connectivity index (χ0n) is 14.8. The lowest BCUT2D eigenvalue weighted by molar-refractivity contribution is -0.113. The number of nitrogens with one attached hydrogen (secondary N) is 1. The van der Waals surface area contributed by atoms with E-state index in [2.05, 4.69) is 10.2 Å². The zero-order valence-corrected chi connectivity index (χ0v) is 17.3. The van der Waals surface area contributed by atoms with Gasteiger partial charge in [0.05, 0.1) is 17.9 Å². The Labute approximate surface area is 162 Å². The minimum atomic E-state index is -0.376. The van der Waals surface area contributed by atoms with E-state index in [9.17, 15) is 9.59 Å². The molecule has 2 rings (SSSR count). The molecule has 1 aliphatic heterocycles. The van der Waals surface area contributed by atoms with Crippen LogP contribution in [0, 0.1) is 6.92 Å². The topological polar surface area (TPSA) is 58.6 Å². The number of aryl methyl sites for hydroxylation is 1. The standard InChI is InChI=1S/C17H24N2O3S3/c1-4-12-11(3)25-15(14(12)16(21)22-5-2)18-13(20)10-24-17(23)19-8-6-7-9-19/h4-10H2,1-3H3,(H,18,20). The third kappa shape index (κ3) is 5.18. The minimum absolute atomic E-state index is 0.152. The maximum absolute atomic E-state index is 12.3. The van der Waals surface area contributed by atoms with Crippen LogP contribution in [0.25, 0.3) is 0 Å². The molecule has 0 saturated carbocycles. The molecule has 0 aromatic carbocycles. The lowest BCUT2D eigenvalue weighted by Crippen LogP contribution is -2.25. The number of hydrogen-bond acceptors (Lipinski definition) is 6. The van der Waals surface area contributed by atoms with Crippen molar-refractivity contribution in [3.05, 3.63) is 16.0 Å². The van der Waals surface area contributed by atoms with Crippen molar-refractivity contribution in [1.82, 2.24) is 4.90 Å². The van der Waals surface area contributed by atoms with E-state index >= 15 is 0 Å². The molecule has 5 nitrogen and oxygen atoms in total. The Morgan fingerprint density at radius 1 is 1.32 bits per heavy atom. The summed E-state index contributed by atoms with van der Waals surface area (Å²) in [6, 6.07) is 0. The second kappa shape index (κ2) is 9.54. The monoisotopic (exact) mass is 400 g/mol. The van der Waals surface area contributed by atoms with Gasteiger partial charge in [-0.2, -0.15) is 0 Å². The molecule has 0 unspecified atom stereocenters. The molecule has 138 valence electrons. The first-order valence-electron chi connectivity index (χ1n) is 8.48. The van der Waals surface area contributed by atoms with Gasteiger partial charge in [-0.05, 0) is 38.7 Å². The van der Waals surface area contributed by atoms with Gasteiger partial charge >= 0.3 is 5.97 Å². The van der Waals surface area contributed by atoms with Crippen LogP contribution in [-0.2, 0) is 16.0 Å². The van der Waals surface area contributed by atoms with Crippen LogP contribution >= 0.6 is 35.3 Å².